The Labute approximate surface area is 116 Å². The average molecular weight is 305 g/mol. The molecule has 0 unspecified atom stereocenters. The van der Waals surface area contributed by atoms with Crippen molar-refractivity contribution in [1.82, 2.24) is 10.2 Å². The van der Waals surface area contributed by atoms with E-state index < -0.39 is 0 Å². The molecule has 1 aromatic heterocycles. The maximum absolute atomic E-state index is 4.52. The van der Waals surface area contributed by atoms with Gasteiger partial charge in [0, 0.05) is 16.6 Å². The Morgan fingerprint density at radius 2 is 1.83 bits per heavy atom. The Morgan fingerprint density at radius 1 is 1.06 bits per heavy atom. The Balaban J connectivity index is 1.84. The lowest BCUT2D eigenvalue weighted by Crippen LogP contribution is -1.95. The van der Waals surface area contributed by atoms with Crippen molar-refractivity contribution in [2.75, 3.05) is 0 Å². The molecule has 0 bridgehead atoms. The van der Waals surface area contributed by atoms with Crippen LogP contribution in [0.3, 0.4) is 0 Å². The average Bonchev–Trinajstić information content (AvgIpc) is 2.62. The Bertz CT molecular complexity index is 528. The predicted molar refractivity (Wildman–Crippen MR) is 76.8 cm³/mol. The van der Waals surface area contributed by atoms with Crippen LogP contribution in [0.2, 0.25) is 0 Å². The van der Waals surface area contributed by atoms with Gasteiger partial charge in [-0.05, 0) is 48.9 Å². The van der Waals surface area contributed by atoms with Crippen LogP contribution in [-0.4, -0.2) is 10.2 Å². The first-order valence-corrected chi connectivity index (χ1v) is 7.41. The van der Waals surface area contributed by atoms with Crippen LogP contribution < -0.4 is 0 Å². The highest BCUT2D eigenvalue weighted by Gasteiger charge is 2.15. The van der Waals surface area contributed by atoms with Crippen molar-refractivity contribution in [3.8, 4) is 0 Å². The first-order chi connectivity index (χ1) is 8.83. The molecule has 0 aliphatic heterocycles. The number of nitrogens with one attached hydrogen (secondary N) is 1. The Hall–Kier alpha value is -1.09. The normalized spacial score (nSPS) is 15.2. The van der Waals surface area contributed by atoms with Gasteiger partial charge in [0.1, 0.15) is 0 Å². The summed E-state index contributed by atoms with van der Waals surface area (Å²) in [5.74, 6) is 0. The van der Waals surface area contributed by atoms with E-state index in [-0.39, 0.29) is 0 Å². The molecule has 18 heavy (non-hydrogen) atoms. The molecular formula is C15H17BrN2. The lowest BCUT2D eigenvalue weighted by molar-refractivity contribution is 0.699. The van der Waals surface area contributed by atoms with Crippen LogP contribution >= 0.6 is 15.9 Å². The third kappa shape index (κ3) is 2.51. The second-order valence-corrected chi connectivity index (χ2v) is 5.91. The van der Waals surface area contributed by atoms with E-state index in [0.29, 0.717) is 0 Å². The highest BCUT2D eigenvalue weighted by atomic mass is 79.9. The summed E-state index contributed by atoms with van der Waals surface area (Å²) in [4.78, 5) is 0. The molecule has 0 saturated heterocycles. The highest BCUT2D eigenvalue weighted by Crippen LogP contribution is 2.23. The number of rotatable bonds is 2. The molecule has 0 fully saturated rings. The Morgan fingerprint density at radius 3 is 2.67 bits per heavy atom. The molecule has 1 aliphatic rings. The first-order valence-electron chi connectivity index (χ1n) is 6.62. The molecule has 2 aromatic rings. The van der Waals surface area contributed by atoms with Crippen molar-refractivity contribution in [3.63, 3.8) is 0 Å². The molecule has 0 saturated carbocycles. The number of halogens is 1. The zero-order valence-corrected chi connectivity index (χ0v) is 12.0. The number of H-pyrrole nitrogens is 1. The van der Waals surface area contributed by atoms with Gasteiger partial charge < -0.3 is 0 Å². The van der Waals surface area contributed by atoms with Gasteiger partial charge in [0.2, 0.25) is 0 Å². The maximum Gasteiger partial charge on any atom is 0.0700 e. The highest BCUT2D eigenvalue weighted by molar-refractivity contribution is 9.10. The van der Waals surface area contributed by atoms with E-state index >= 15 is 0 Å². The molecule has 1 aliphatic carbocycles. The second-order valence-electron chi connectivity index (χ2n) is 4.99. The van der Waals surface area contributed by atoms with Crippen LogP contribution in [-0.2, 0) is 19.3 Å². The third-order valence-corrected chi connectivity index (χ3v) is 4.21. The van der Waals surface area contributed by atoms with Gasteiger partial charge in [0.05, 0.1) is 5.69 Å². The lowest BCUT2D eigenvalue weighted by atomic mass is 10.0. The number of fused-ring (bicyclic) bond motifs is 1. The Kier molecular flexibility index (Phi) is 3.50. The standard InChI is InChI=1S/C15H17BrN2/c16-12-8-6-11(7-9-12)10-15-13-4-2-1-3-5-14(13)17-18-15/h6-9H,1-5,10H2,(H,17,18). The number of nitrogens with zero attached hydrogens (tertiary/aromatic N) is 1. The third-order valence-electron chi connectivity index (χ3n) is 3.68. The molecule has 0 spiro atoms. The van der Waals surface area contributed by atoms with Gasteiger partial charge in [-0.15, -0.1) is 0 Å². The van der Waals surface area contributed by atoms with Gasteiger partial charge in [-0.1, -0.05) is 34.5 Å². The summed E-state index contributed by atoms with van der Waals surface area (Å²) in [5, 5.41) is 7.76. The van der Waals surface area contributed by atoms with E-state index in [1.807, 2.05) is 0 Å². The largest absolute Gasteiger partial charge is 0.282 e. The van der Waals surface area contributed by atoms with Gasteiger partial charge in [-0.3, -0.25) is 5.10 Å². The monoisotopic (exact) mass is 304 g/mol. The SMILES string of the molecule is Brc1ccc(Cc2n[nH]c3c2CCCCC3)cc1. The van der Waals surface area contributed by atoms with Crippen molar-refractivity contribution >= 4 is 15.9 Å². The molecule has 0 radical (unpaired) electrons. The molecule has 0 atom stereocenters. The van der Waals surface area contributed by atoms with E-state index in [9.17, 15) is 0 Å². The maximum atomic E-state index is 4.52. The summed E-state index contributed by atoms with van der Waals surface area (Å²) in [6.07, 6.45) is 7.26. The zero-order chi connectivity index (χ0) is 12.4. The van der Waals surface area contributed by atoms with Crippen molar-refractivity contribution in [2.45, 2.75) is 38.5 Å². The van der Waals surface area contributed by atoms with Crippen molar-refractivity contribution in [1.29, 1.82) is 0 Å². The van der Waals surface area contributed by atoms with E-state index in [2.05, 4.69) is 50.4 Å². The van der Waals surface area contributed by atoms with Crippen molar-refractivity contribution in [3.05, 3.63) is 51.3 Å². The van der Waals surface area contributed by atoms with Crippen LogP contribution in [0.4, 0.5) is 0 Å². The number of benzene rings is 1. The molecule has 1 N–H and O–H groups in total. The van der Waals surface area contributed by atoms with Crippen LogP contribution in [0.15, 0.2) is 28.7 Å². The minimum atomic E-state index is 0.944. The first kappa shape index (κ1) is 12.0. The molecular weight excluding hydrogens is 288 g/mol. The van der Waals surface area contributed by atoms with E-state index in [1.54, 1.807) is 0 Å². The van der Waals surface area contributed by atoms with Crippen LogP contribution in [0.5, 0.6) is 0 Å². The van der Waals surface area contributed by atoms with Crippen molar-refractivity contribution < 1.29 is 0 Å². The van der Waals surface area contributed by atoms with Crippen molar-refractivity contribution in [2.24, 2.45) is 0 Å². The number of aryl methyl sites for hydroxylation is 1. The number of hydrogen-bond acceptors (Lipinski definition) is 1. The smallest absolute Gasteiger partial charge is 0.0700 e. The van der Waals surface area contributed by atoms with Crippen LogP contribution in [0.1, 0.15) is 41.8 Å². The van der Waals surface area contributed by atoms with Gasteiger partial charge >= 0.3 is 0 Å². The topological polar surface area (TPSA) is 28.7 Å². The molecule has 2 nitrogen and oxygen atoms in total. The zero-order valence-electron chi connectivity index (χ0n) is 10.4. The lowest BCUT2D eigenvalue weighted by Gasteiger charge is -2.03. The molecule has 0 amide bonds. The molecule has 3 heteroatoms. The summed E-state index contributed by atoms with van der Waals surface area (Å²) < 4.78 is 1.13. The summed E-state index contributed by atoms with van der Waals surface area (Å²) >= 11 is 3.47. The number of hydrogen-bond donors (Lipinski definition) is 1. The molecule has 3 rings (SSSR count). The molecule has 1 aromatic carbocycles. The van der Waals surface area contributed by atoms with E-state index in [1.165, 1.54) is 54.6 Å². The minimum Gasteiger partial charge on any atom is -0.282 e. The quantitative estimate of drug-likeness (QED) is 0.834. The summed E-state index contributed by atoms with van der Waals surface area (Å²) in [5.41, 5.74) is 5.43. The molecule has 94 valence electrons. The summed E-state index contributed by atoms with van der Waals surface area (Å²) in [7, 11) is 0. The fourth-order valence-corrected chi connectivity index (χ4v) is 2.93. The number of aromatic amines is 1. The summed E-state index contributed by atoms with van der Waals surface area (Å²) in [6.45, 7) is 0. The predicted octanol–water partition coefficient (Wildman–Crippen LogP) is 4.03. The minimum absolute atomic E-state index is 0.944. The van der Waals surface area contributed by atoms with E-state index in [0.717, 1.165) is 10.9 Å². The number of aromatic nitrogens is 2. The van der Waals surface area contributed by atoms with Gasteiger partial charge in [0.15, 0.2) is 0 Å². The van der Waals surface area contributed by atoms with Crippen LogP contribution in [0, 0.1) is 0 Å². The molecule has 1 heterocycles. The fourth-order valence-electron chi connectivity index (χ4n) is 2.67. The van der Waals surface area contributed by atoms with Gasteiger partial charge in [-0.25, -0.2) is 0 Å². The van der Waals surface area contributed by atoms with Gasteiger partial charge in [0.25, 0.3) is 0 Å². The fraction of sp³-hybridized carbons (Fsp3) is 0.400. The second kappa shape index (κ2) is 5.27. The van der Waals surface area contributed by atoms with E-state index in [4.69, 9.17) is 0 Å². The van der Waals surface area contributed by atoms with Gasteiger partial charge in [-0.2, -0.15) is 5.10 Å². The summed E-state index contributed by atoms with van der Waals surface area (Å²) in [6, 6.07) is 8.53. The van der Waals surface area contributed by atoms with Crippen LogP contribution in [0.25, 0.3) is 0 Å².